The summed E-state index contributed by atoms with van der Waals surface area (Å²) < 4.78 is 0.276. The van der Waals surface area contributed by atoms with E-state index < -0.39 is 0 Å². The van der Waals surface area contributed by atoms with Crippen LogP contribution in [0.4, 0.5) is 0 Å². The Hall–Kier alpha value is -0.600. The lowest BCUT2D eigenvalue weighted by Gasteiger charge is -2.32. The van der Waals surface area contributed by atoms with Gasteiger partial charge in [-0.15, -0.1) is 0 Å². The van der Waals surface area contributed by atoms with Crippen LogP contribution in [0.15, 0.2) is 59.3 Å². The third-order valence-corrected chi connectivity index (χ3v) is 8.28. The van der Waals surface area contributed by atoms with Crippen LogP contribution in [0.1, 0.15) is 67.7 Å². The second kappa shape index (κ2) is 9.77. The second-order valence-electron chi connectivity index (χ2n) is 7.06. The smallest absolute Gasteiger partial charge is 0.0452 e. The van der Waals surface area contributed by atoms with Gasteiger partial charge in [0.15, 0.2) is 0 Å². The van der Waals surface area contributed by atoms with Crippen molar-refractivity contribution in [1.82, 2.24) is 0 Å². The molecule has 24 heavy (non-hydrogen) atoms. The highest BCUT2D eigenvalue weighted by atomic mass is 33.1. The van der Waals surface area contributed by atoms with Gasteiger partial charge in [-0.25, -0.2) is 0 Å². The Labute approximate surface area is 158 Å². The zero-order valence-electron chi connectivity index (χ0n) is 16.5. The summed E-state index contributed by atoms with van der Waals surface area (Å²) in [5.41, 5.74) is 4.33. The molecule has 134 valence electrons. The van der Waals surface area contributed by atoms with Crippen molar-refractivity contribution < 1.29 is 0 Å². The zero-order chi connectivity index (χ0) is 18.2. The van der Waals surface area contributed by atoms with Crippen molar-refractivity contribution in [2.45, 2.75) is 77.2 Å². The first kappa shape index (κ1) is 21.4. The number of hydrogen-bond donors (Lipinski definition) is 0. The minimum atomic E-state index is 0.121. The second-order valence-corrected chi connectivity index (χ2v) is 10.4. The third kappa shape index (κ3) is 6.37. The SMILES string of the molecule is CC.CC1=CC=CC(C(C)(C)SSC(C)(C)C2=CCCC=C2)=CC1. The highest BCUT2D eigenvalue weighted by Gasteiger charge is 2.30. The van der Waals surface area contributed by atoms with Crippen LogP contribution in [0.25, 0.3) is 0 Å². The Morgan fingerprint density at radius 2 is 1.42 bits per heavy atom. The quantitative estimate of drug-likeness (QED) is 0.453. The van der Waals surface area contributed by atoms with Crippen molar-refractivity contribution in [2.75, 3.05) is 0 Å². The van der Waals surface area contributed by atoms with E-state index in [1.54, 1.807) is 0 Å². The van der Waals surface area contributed by atoms with Gasteiger partial charge in [0.05, 0.1) is 0 Å². The number of allylic oxidation sites excluding steroid dienone is 8. The van der Waals surface area contributed by atoms with Gasteiger partial charge in [0.1, 0.15) is 0 Å². The van der Waals surface area contributed by atoms with Gasteiger partial charge in [-0.3, -0.25) is 0 Å². The summed E-state index contributed by atoms with van der Waals surface area (Å²) in [6.07, 6.45) is 19.5. The number of hydrogen-bond acceptors (Lipinski definition) is 2. The predicted octanol–water partition coefficient (Wildman–Crippen LogP) is 8.06. The fraction of sp³-hybridized carbons (Fsp3) is 0.545. The van der Waals surface area contributed by atoms with Gasteiger partial charge in [0.25, 0.3) is 0 Å². The Balaban J connectivity index is 0.00000139. The molecule has 0 atom stereocenters. The highest BCUT2D eigenvalue weighted by Crippen LogP contribution is 2.50. The van der Waals surface area contributed by atoms with Crippen molar-refractivity contribution >= 4 is 21.6 Å². The molecule has 2 rings (SSSR count). The summed E-state index contributed by atoms with van der Waals surface area (Å²) in [4.78, 5) is 0. The molecule has 0 unspecified atom stereocenters. The van der Waals surface area contributed by atoms with Crippen LogP contribution in [0, 0.1) is 0 Å². The molecule has 0 aromatic carbocycles. The average Bonchev–Trinajstić information content (AvgIpc) is 2.81. The zero-order valence-corrected chi connectivity index (χ0v) is 18.1. The molecule has 2 heteroatoms. The minimum absolute atomic E-state index is 0.121. The standard InChI is InChI=1S/C20H28S2.C2H6/c1-16-10-9-13-18(15-14-16)20(4,5)22-21-19(2,3)17-11-7-6-8-12-17;1-2/h7,9-13,15H,6,8,14H2,1-5H3;1-2H3. The fourth-order valence-corrected chi connectivity index (χ4v) is 5.27. The monoisotopic (exact) mass is 362 g/mol. The molecule has 0 fully saturated rings. The summed E-state index contributed by atoms with van der Waals surface area (Å²) in [6, 6.07) is 0. The van der Waals surface area contributed by atoms with Gasteiger partial charge in [-0.2, -0.15) is 0 Å². The van der Waals surface area contributed by atoms with Crippen LogP contribution in [0.3, 0.4) is 0 Å². The van der Waals surface area contributed by atoms with Crippen LogP contribution in [0.5, 0.6) is 0 Å². The molecule has 0 saturated carbocycles. The Morgan fingerprint density at radius 3 is 1.96 bits per heavy atom. The molecule has 0 amide bonds. The maximum atomic E-state index is 2.40. The topological polar surface area (TPSA) is 0 Å². The normalized spacial score (nSPS) is 18.0. The van der Waals surface area contributed by atoms with E-state index in [1.165, 1.54) is 29.6 Å². The summed E-state index contributed by atoms with van der Waals surface area (Å²) in [7, 11) is 3.99. The van der Waals surface area contributed by atoms with Crippen LogP contribution in [-0.2, 0) is 0 Å². The van der Waals surface area contributed by atoms with Gasteiger partial charge in [0.2, 0.25) is 0 Å². The van der Waals surface area contributed by atoms with Crippen LogP contribution in [0.2, 0.25) is 0 Å². The van der Waals surface area contributed by atoms with Crippen LogP contribution >= 0.6 is 21.6 Å². The van der Waals surface area contributed by atoms with E-state index in [2.05, 4.69) is 77.2 Å². The predicted molar refractivity (Wildman–Crippen MR) is 117 cm³/mol. The van der Waals surface area contributed by atoms with Gasteiger partial charge < -0.3 is 0 Å². The molecule has 0 saturated heterocycles. The van der Waals surface area contributed by atoms with E-state index in [0.29, 0.717) is 0 Å². The molecule has 0 heterocycles. The van der Waals surface area contributed by atoms with Crippen molar-refractivity contribution in [3.05, 3.63) is 59.3 Å². The summed E-state index contributed by atoms with van der Waals surface area (Å²) >= 11 is 0. The van der Waals surface area contributed by atoms with E-state index in [-0.39, 0.29) is 9.49 Å². The first-order valence-electron chi connectivity index (χ1n) is 9.10. The van der Waals surface area contributed by atoms with E-state index >= 15 is 0 Å². The molecular weight excluding hydrogens is 328 g/mol. The molecular formula is C22H34S2. The average molecular weight is 363 g/mol. The van der Waals surface area contributed by atoms with E-state index in [4.69, 9.17) is 0 Å². The molecule has 0 aromatic rings. The van der Waals surface area contributed by atoms with Crippen LogP contribution in [-0.4, -0.2) is 9.49 Å². The Bertz CT molecular complexity index is 555. The largest absolute Gasteiger partial charge is 0.0839 e. The lowest BCUT2D eigenvalue weighted by molar-refractivity contribution is 0.833. The molecule has 0 aromatic heterocycles. The van der Waals surface area contributed by atoms with Crippen molar-refractivity contribution in [2.24, 2.45) is 0 Å². The lowest BCUT2D eigenvalue weighted by Crippen LogP contribution is -2.21. The molecule has 2 aliphatic carbocycles. The number of rotatable bonds is 5. The first-order valence-corrected chi connectivity index (χ1v) is 11.2. The molecule has 2 aliphatic rings. The van der Waals surface area contributed by atoms with E-state index in [1.807, 2.05) is 35.4 Å². The van der Waals surface area contributed by atoms with Gasteiger partial charge in [-0.05, 0) is 65.0 Å². The molecule has 0 aliphatic heterocycles. The first-order chi connectivity index (χ1) is 11.3. The highest BCUT2D eigenvalue weighted by molar-refractivity contribution is 8.77. The van der Waals surface area contributed by atoms with E-state index in [0.717, 1.165) is 6.42 Å². The lowest BCUT2D eigenvalue weighted by atomic mass is 9.96. The van der Waals surface area contributed by atoms with Crippen molar-refractivity contribution in [3.8, 4) is 0 Å². The summed E-state index contributed by atoms with van der Waals surface area (Å²) in [5.74, 6) is 0. The van der Waals surface area contributed by atoms with Crippen molar-refractivity contribution in [1.29, 1.82) is 0 Å². The maximum absolute atomic E-state index is 2.40. The van der Waals surface area contributed by atoms with Crippen molar-refractivity contribution in [3.63, 3.8) is 0 Å². The Morgan fingerprint density at radius 1 is 0.833 bits per heavy atom. The molecule has 0 radical (unpaired) electrons. The summed E-state index contributed by atoms with van der Waals surface area (Å²) in [5, 5.41) is 0. The summed E-state index contributed by atoms with van der Waals surface area (Å²) in [6.45, 7) is 15.5. The molecule has 0 spiro atoms. The molecule has 0 bridgehead atoms. The maximum Gasteiger partial charge on any atom is 0.0452 e. The minimum Gasteiger partial charge on any atom is -0.0839 e. The van der Waals surface area contributed by atoms with E-state index in [9.17, 15) is 0 Å². The van der Waals surface area contributed by atoms with Gasteiger partial charge in [-0.1, -0.05) is 83.5 Å². The van der Waals surface area contributed by atoms with Gasteiger partial charge >= 0.3 is 0 Å². The van der Waals surface area contributed by atoms with Crippen LogP contribution < -0.4 is 0 Å². The Kier molecular flexibility index (Phi) is 8.73. The van der Waals surface area contributed by atoms with Gasteiger partial charge in [0, 0.05) is 9.49 Å². The molecule has 0 N–H and O–H groups in total. The molecule has 0 nitrogen and oxygen atoms in total. The third-order valence-electron chi connectivity index (χ3n) is 4.14. The fourth-order valence-electron chi connectivity index (χ4n) is 2.53.